The minimum absolute atomic E-state index is 0.0262. The number of hydrogen-bond acceptors (Lipinski definition) is 3. The van der Waals surface area contributed by atoms with E-state index in [2.05, 4.69) is 41.4 Å². The monoisotopic (exact) mass is 352 g/mol. The molecule has 1 aliphatic heterocycles. The number of carbonyl (C=O) groups is 1. The van der Waals surface area contributed by atoms with Crippen LogP contribution in [0.2, 0.25) is 0 Å². The Hall–Kier alpha value is -2.49. The number of piperidine rings is 1. The van der Waals surface area contributed by atoms with Gasteiger partial charge in [0.25, 0.3) is 5.91 Å². The summed E-state index contributed by atoms with van der Waals surface area (Å²) < 4.78 is 5.49. The van der Waals surface area contributed by atoms with Gasteiger partial charge in [0.1, 0.15) is 5.75 Å². The molecule has 0 bridgehead atoms. The first-order valence-electron chi connectivity index (χ1n) is 9.44. The van der Waals surface area contributed by atoms with Gasteiger partial charge in [-0.15, -0.1) is 0 Å². The van der Waals surface area contributed by atoms with Crippen LogP contribution in [0.3, 0.4) is 0 Å². The maximum atomic E-state index is 12.1. The van der Waals surface area contributed by atoms with E-state index in [0.29, 0.717) is 5.75 Å². The molecule has 0 radical (unpaired) electrons. The Balaban J connectivity index is 1.49. The third-order valence-electron chi connectivity index (χ3n) is 5.03. The smallest absolute Gasteiger partial charge is 0.258 e. The number of ether oxygens (including phenoxy) is 1. The van der Waals surface area contributed by atoms with Crippen LogP contribution in [-0.4, -0.2) is 25.6 Å². The van der Waals surface area contributed by atoms with Gasteiger partial charge in [-0.1, -0.05) is 37.3 Å². The summed E-state index contributed by atoms with van der Waals surface area (Å²) >= 11 is 0. The van der Waals surface area contributed by atoms with Crippen molar-refractivity contribution < 1.29 is 9.53 Å². The first kappa shape index (κ1) is 18.3. The molecule has 3 rings (SSSR count). The van der Waals surface area contributed by atoms with Gasteiger partial charge in [0.2, 0.25) is 0 Å². The third-order valence-corrected chi connectivity index (χ3v) is 5.03. The molecule has 0 saturated carbocycles. The van der Waals surface area contributed by atoms with E-state index in [9.17, 15) is 4.79 Å². The Bertz CT molecular complexity index is 692. The second kappa shape index (κ2) is 8.75. The van der Waals surface area contributed by atoms with Crippen LogP contribution in [0.15, 0.2) is 54.6 Å². The summed E-state index contributed by atoms with van der Waals surface area (Å²) in [6.45, 7) is 6.61. The van der Waals surface area contributed by atoms with Gasteiger partial charge in [0.15, 0.2) is 6.61 Å². The molecular formula is C22H28N2O2. The van der Waals surface area contributed by atoms with Crippen molar-refractivity contribution in [1.82, 2.24) is 5.32 Å². The molecule has 1 saturated heterocycles. The average molecular weight is 352 g/mol. The highest BCUT2D eigenvalue weighted by molar-refractivity contribution is 5.78. The predicted molar refractivity (Wildman–Crippen MR) is 106 cm³/mol. The van der Waals surface area contributed by atoms with Crippen LogP contribution in [0.25, 0.3) is 0 Å². The summed E-state index contributed by atoms with van der Waals surface area (Å²) in [4.78, 5) is 14.5. The molecule has 4 nitrogen and oxygen atoms in total. The number of nitrogens with zero attached hydrogens (tertiary/aromatic N) is 1. The standard InChI is InChI=1S/C22H28N2O2/c1-17-12-14-24(15-13-17)20-10-8-19(9-11-20)18(2)23-22(25)16-26-21-6-4-3-5-7-21/h3-11,17-18H,12-16H2,1-2H3,(H,23,25)/t18-/m0/s1. The molecule has 0 aromatic heterocycles. The normalized spacial score (nSPS) is 16.2. The van der Waals surface area contributed by atoms with Gasteiger partial charge < -0.3 is 15.0 Å². The van der Waals surface area contributed by atoms with Crippen molar-refractivity contribution in [2.75, 3.05) is 24.6 Å². The van der Waals surface area contributed by atoms with E-state index in [0.717, 1.165) is 24.6 Å². The quantitative estimate of drug-likeness (QED) is 0.848. The summed E-state index contributed by atoms with van der Waals surface area (Å²) in [5.41, 5.74) is 2.37. The lowest BCUT2D eigenvalue weighted by Crippen LogP contribution is -2.33. The summed E-state index contributed by atoms with van der Waals surface area (Å²) in [5, 5.41) is 2.99. The molecule has 1 amide bonds. The molecule has 0 aliphatic carbocycles. The number of hydrogen-bond donors (Lipinski definition) is 1. The molecule has 0 unspecified atom stereocenters. The molecule has 1 heterocycles. The van der Waals surface area contributed by atoms with Gasteiger partial charge in [-0.05, 0) is 55.5 Å². The lowest BCUT2D eigenvalue weighted by Gasteiger charge is -2.32. The van der Waals surface area contributed by atoms with Crippen LogP contribution in [0.5, 0.6) is 5.75 Å². The van der Waals surface area contributed by atoms with Crippen molar-refractivity contribution in [2.24, 2.45) is 5.92 Å². The Morgan fingerprint density at radius 2 is 1.77 bits per heavy atom. The third kappa shape index (κ3) is 5.01. The van der Waals surface area contributed by atoms with Crippen molar-refractivity contribution in [2.45, 2.75) is 32.7 Å². The van der Waals surface area contributed by atoms with Crippen LogP contribution >= 0.6 is 0 Å². The number of rotatable bonds is 6. The van der Waals surface area contributed by atoms with Gasteiger partial charge in [-0.25, -0.2) is 0 Å². The first-order valence-corrected chi connectivity index (χ1v) is 9.44. The Labute approximate surface area is 156 Å². The molecule has 2 aromatic rings. The van der Waals surface area contributed by atoms with Gasteiger partial charge in [-0.2, -0.15) is 0 Å². The van der Waals surface area contributed by atoms with Gasteiger partial charge in [-0.3, -0.25) is 4.79 Å². The van der Waals surface area contributed by atoms with Crippen molar-refractivity contribution in [3.8, 4) is 5.75 Å². The summed E-state index contributed by atoms with van der Waals surface area (Å²) in [6, 6.07) is 17.9. The number of carbonyl (C=O) groups excluding carboxylic acids is 1. The maximum absolute atomic E-state index is 12.1. The van der Waals surface area contributed by atoms with Crippen LogP contribution in [-0.2, 0) is 4.79 Å². The second-order valence-corrected chi connectivity index (χ2v) is 7.15. The van der Waals surface area contributed by atoms with Crippen LogP contribution in [0.4, 0.5) is 5.69 Å². The predicted octanol–water partition coefficient (Wildman–Crippen LogP) is 4.18. The molecule has 4 heteroatoms. The molecule has 1 fully saturated rings. The van der Waals surface area contributed by atoms with E-state index in [1.165, 1.54) is 18.5 Å². The number of benzene rings is 2. The minimum Gasteiger partial charge on any atom is -0.484 e. The second-order valence-electron chi connectivity index (χ2n) is 7.15. The average Bonchev–Trinajstić information content (AvgIpc) is 2.68. The van der Waals surface area contributed by atoms with Crippen LogP contribution < -0.4 is 15.0 Å². The SMILES string of the molecule is CC1CCN(c2ccc([C@H](C)NC(=O)COc3ccccc3)cc2)CC1. The zero-order chi connectivity index (χ0) is 18.4. The number of para-hydroxylation sites is 1. The minimum atomic E-state index is -0.115. The van der Waals surface area contributed by atoms with Gasteiger partial charge >= 0.3 is 0 Å². The lowest BCUT2D eigenvalue weighted by atomic mass is 9.98. The zero-order valence-electron chi connectivity index (χ0n) is 15.7. The van der Waals surface area contributed by atoms with E-state index in [1.54, 1.807) is 0 Å². The molecule has 1 N–H and O–H groups in total. The van der Waals surface area contributed by atoms with Crippen molar-refractivity contribution in [1.29, 1.82) is 0 Å². The molecule has 1 atom stereocenters. The Morgan fingerprint density at radius 3 is 2.42 bits per heavy atom. The van der Waals surface area contributed by atoms with E-state index < -0.39 is 0 Å². The zero-order valence-corrected chi connectivity index (χ0v) is 15.7. The fraction of sp³-hybridized carbons (Fsp3) is 0.409. The fourth-order valence-corrected chi connectivity index (χ4v) is 3.27. The lowest BCUT2D eigenvalue weighted by molar-refractivity contribution is -0.123. The largest absolute Gasteiger partial charge is 0.484 e. The Kier molecular flexibility index (Phi) is 6.16. The topological polar surface area (TPSA) is 41.6 Å². The van der Waals surface area contributed by atoms with E-state index in [1.807, 2.05) is 37.3 Å². The van der Waals surface area contributed by atoms with E-state index in [-0.39, 0.29) is 18.6 Å². The molecule has 26 heavy (non-hydrogen) atoms. The number of anilines is 1. The van der Waals surface area contributed by atoms with E-state index in [4.69, 9.17) is 4.74 Å². The number of nitrogens with one attached hydrogen (secondary N) is 1. The molecular weight excluding hydrogens is 324 g/mol. The highest BCUT2D eigenvalue weighted by Gasteiger charge is 2.16. The molecule has 1 aliphatic rings. The summed E-state index contributed by atoms with van der Waals surface area (Å²) in [5.74, 6) is 1.42. The van der Waals surface area contributed by atoms with Gasteiger partial charge in [0, 0.05) is 18.8 Å². The summed E-state index contributed by atoms with van der Waals surface area (Å²) in [7, 11) is 0. The van der Waals surface area contributed by atoms with Crippen LogP contribution in [0.1, 0.15) is 38.3 Å². The van der Waals surface area contributed by atoms with Crippen molar-refractivity contribution in [3.05, 3.63) is 60.2 Å². The van der Waals surface area contributed by atoms with E-state index >= 15 is 0 Å². The molecule has 2 aromatic carbocycles. The van der Waals surface area contributed by atoms with Gasteiger partial charge in [0.05, 0.1) is 6.04 Å². The molecule has 0 spiro atoms. The Morgan fingerprint density at radius 1 is 1.12 bits per heavy atom. The summed E-state index contributed by atoms with van der Waals surface area (Å²) in [6.07, 6.45) is 2.52. The van der Waals surface area contributed by atoms with Crippen molar-refractivity contribution >= 4 is 11.6 Å². The highest BCUT2D eigenvalue weighted by Crippen LogP contribution is 2.24. The van der Waals surface area contributed by atoms with Crippen LogP contribution in [0, 0.1) is 5.92 Å². The highest BCUT2D eigenvalue weighted by atomic mass is 16.5. The fourth-order valence-electron chi connectivity index (χ4n) is 3.27. The number of amides is 1. The maximum Gasteiger partial charge on any atom is 0.258 e. The first-order chi connectivity index (χ1) is 12.6. The molecule has 138 valence electrons. The van der Waals surface area contributed by atoms with Crippen molar-refractivity contribution in [3.63, 3.8) is 0 Å².